The lowest BCUT2D eigenvalue weighted by Gasteiger charge is -2.05. The Balaban J connectivity index is 2.05. The Labute approximate surface area is 143 Å². The second kappa shape index (κ2) is 8.26. The van der Waals surface area contributed by atoms with Crippen molar-refractivity contribution < 1.29 is 23.9 Å². The fourth-order valence-corrected chi connectivity index (χ4v) is 2.56. The van der Waals surface area contributed by atoms with Crippen LogP contribution in [0.1, 0.15) is 34.8 Å². The summed E-state index contributed by atoms with van der Waals surface area (Å²) in [4.78, 5) is 35.4. The molecule has 2 aromatic rings. The van der Waals surface area contributed by atoms with E-state index in [2.05, 4.69) is 29.8 Å². The van der Waals surface area contributed by atoms with E-state index in [1.54, 1.807) is 13.8 Å². The van der Waals surface area contributed by atoms with Crippen LogP contribution in [0.25, 0.3) is 0 Å². The number of hydrogen-bond donors (Lipinski definition) is 2. The van der Waals surface area contributed by atoms with E-state index in [-0.39, 0.29) is 34.6 Å². The summed E-state index contributed by atoms with van der Waals surface area (Å²) >= 11 is 1.62. The van der Waals surface area contributed by atoms with Gasteiger partial charge in [-0.15, -0.1) is 10.2 Å². The van der Waals surface area contributed by atoms with Crippen LogP contribution in [0.5, 0.6) is 0 Å². The lowest BCUT2D eigenvalue weighted by molar-refractivity contribution is 0.0511. The highest BCUT2D eigenvalue weighted by Gasteiger charge is 2.22. The van der Waals surface area contributed by atoms with Crippen LogP contribution >= 0.6 is 23.1 Å². The monoisotopic (exact) mass is 372 g/mol. The molecule has 11 nitrogen and oxygen atoms in total. The third-order valence-electron chi connectivity index (χ3n) is 2.37. The predicted molar refractivity (Wildman–Crippen MR) is 84.4 cm³/mol. The smallest absolute Gasteiger partial charge is 0.362 e. The maximum absolute atomic E-state index is 12.0. The highest BCUT2D eigenvalue weighted by atomic mass is 32.1. The average molecular weight is 372 g/mol. The Hall–Kier alpha value is -2.67. The maximum atomic E-state index is 12.0. The van der Waals surface area contributed by atoms with Crippen molar-refractivity contribution in [1.82, 2.24) is 19.2 Å². The fourth-order valence-electron chi connectivity index (χ4n) is 1.45. The first kappa shape index (κ1) is 17.7. The third kappa shape index (κ3) is 4.20. The molecular weight excluding hydrogens is 360 g/mol. The summed E-state index contributed by atoms with van der Waals surface area (Å²) in [6.45, 7) is 3.62. The zero-order valence-corrected chi connectivity index (χ0v) is 14.2. The Morgan fingerprint density at radius 2 is 1.29 bits per heavy atom. The first-order valence-corrected chi connectivity index (χ1v) is 8.18. The van der Waals surface area contributed by atoms with Crippen LogP contribution in [-0.4, -0.2) is 50.4 Å². The van der Waals surface area contributed by atoms with E-state index in [0.717, 1.165) is 23.1 Å². The summed E-state index contributed by atoms with van der Waals surface area (Å²) in [6.07, 6.45) is 0. The minimum Gasteiger partial charge on any atom is -0.461 e. The molecule has 0 atom stereocenters. The molecule has 2 amide bonds. The van der Waals surface area contributed by atoms with E-state index in [4.69, 9.17) is 9.47 Å². The largest absolute Gasteiger partial charge is 0.461 e. The van der Waals surface area contributed by atoms with E-state index >= 15 is 0 Å². The zero-order valence-electron chi connectivity index (χ0n) is 12.6. The molecule has 13 heteroatoms. The van der Waals surface area contributed by atoms with Gasteiger partial charge in [-0.05, 0) is 13.8 Å². The van der Waals surface area contributed by atoms with Crippen molar-refractivity contribution in [3.63, 3.8) is 0 Å². The van der Waals surface area contributed by atoms with Gasteiger partial charge in [0, 0.05) is 23.1 Å². The van der Waals surface area contributed by atoms with Crippen molar-refractivity contribution in [2.24, 2.45) is 0 Å². The van der Waals surface area contributed by atoms with Gasteiger partial charge >= 0.3 is 18.0 Å². The first-order chi connectivity index (χ1) is 11.6. The average Bonchev–Trinajstić information content (AvgIpc) is 3.17. The van der Waals surface area contributed by atoms with Gasteiger partial charge in [-0.3, -0.25) is 10.6 Å². The molecule has 0 aliphatic rings. The predicted octanol–water partition coefficient (Wildman–Crippen LogP) is 1.39. The fraction of sp³-hybridized carbons (Fsp3) is 0.364. The minimum atomic E-state index is -0.719. The molecule has 0 unspecified atom stereocenters. The molecule has 0 saturated heterocycles. The molecule has 2 heterocycles. The van der Waals surface area contributed by atoms with Crippen molar-refractivity contribution in [1.29, 1.82) is 0 Å². The van der Waals surface area contributed by atoms with Crippen LogP contribution in [-0.2, 0) is 9.47 Å². The van der Waals surface area contributed by atoms with Crippen LogP contribution in [0, 0.1) is 0 Å². The number of hydrogen-bond acceptors (Lipinski definition) is 11. The number of aromatic nitrogens is 4. The first-order valence-electron chi connectivity index (χ1n) is 6.63. The maximum Gasteiger partial charge on any atom is 0.362 e. The van der Waals surface area contributed by atoms with Crippen molar-refractivity contribution in [2.75, 3.05) is 23.8 Å². The number of nitrogens with one attached hydrogen (secondary N) is 2. The third-order valence-corrected chi connectivity index (χ3v) is 3.65. The molecule has 0 aliphatic carbocycles. The van der Waals surface area contributed by atoms with Gasteiger partial charge in [0.1, 0.15) is 0 Å². The van der Waals surface area contributed by atoms with Crippen LogP contribution in [0.4, 0.5) is 14.8 Å². The molecule has 2 N–H and O–H groups in total. The summed E-state index contributed by atoms with van der Waals surface area (Å²) in [5.74, 6) is -1.40. The summed E-state index contributed by atoms with van der Waals surface area (Å²) in [6, 6.07) is -0.719. The molecule has 2 rings (SSSR count). The molecule has 0 fully saturated rings. The molecule has 0 aromatic carbocycles. The summed E-state index contributed by atoms with van der Waals surface area (Å²) in [5.41, 5.74) is -0.213. The van der Waals surface area contributed by atoms with Crippen LogP contribution in [0.3, 0.4) is 0 Å². The number of amides is 2. The van der Waals surface area contributed by atoms with Gasteiger partial charge < -0.3 is 9.47 Å². The van der Waals surface area contributed by atoms with Gasteiger partial charge in [0.25, 0.3) is 0 Å². The number of esters is 2. The quantitative estimate of drug-likeness (QED) is 0.718. The van der Waals surface area contributed by atoms with Crippen molar-refractivity contribution in [2.45, 2.75) is 13.8 Å². The standard InChI is InChI=1S/C11H12N6O5S2/c1-3-21-9(18)5-7(23-16-14-5)12-11(20)13-8-6(15-17-24-8)10(19)22-4-2/h3-4H2,1-2H3,(H2,12,13,20). The number of rotatable bonds is 6. The molecule has 0 radical (unpaired) electrons. The Morgan fingerprint density at radius 1 is 0.875 bits per heavy atom. The number of urea groups is 1. The SMILES string of the molecule is CCOC(=O)c1nnsc1NC(=O)Nc1snnc1C(=O)OCC. The molecule has 0 saturated carbocycles. The Morgan fingerprint density at radius 3 is 1.67 bits per heavy atom. The van der Waals surface area contributed by atoms with Gasteiger partial charge in [-0.25, -0.2) is 14.4 Å². The lowest BCUT2D eigenvalue weighted by atomic mass is 10.4. The Kier molecular flexibility index (Phi) is 6.08. The number of carbonyl (C=O) groups is 3. The highest BCUT2D eigenvalue weighted by Crippen LogP contribution is 2.21. The lowest BCUT2D eigenvalue weighted by Crippen LogP contribution is -2.21. The van der Waals surface area contributed by atoms with Crippen molar-refractivity contribution in [3.8, 4) is 0 Å². The van der Waals surface area contributed by atoms with Gasteiger partial charge in [0.2, 0.25) is 11.4 Å². The van der Waals surface area contributed by atoms with Crippen molar-refractivity contribution >= 4 is 51.0 Å². The minimum absolute atomic E-state index is 0.106. The van der Waals surface area contributed by atoms with Crippen LogP contribution in [0.15, 0.2) is 0 Å². The number of nitrogens with zero attached hydrogens (tertiary/aromatic N) is 4. The van der Waals surface area contributed by atoms with Gasteiger partial charge in [-0.2, -0.15) is 0 Å². The molecule has 0 aliphatic heterocycles. The summed E-state index contributed by atoms with van der Waals surface area (Å²) < 4.78 is 16.8. The number of ether oxygens (including phenoxy) is 2. The molecule has 128 valence electrons. The van der Waals surface area contributed by atoms with E-state index in [1.165, 1.54) is 0 Å². The second-order valence-corrected chi connectivity index (χ2v) is 5.43. The van der Waals surface area contributed by atoms with Gasteiger partial charge in [0.05, 0.1) is 13.2 Å². The summed E-state index contributed by atoms with van der Waals surface area (Å²) in [7, 11) is 0. The zero-order chi connectivity index (χ0) is 17.5. The summed E-state index contributed by atoms with van der Waals surface area (Å²) in [5, 5.41) is 12.3. The highest BCUT2D eigenvalue weighted by molar-refractivity contribution is 7.11. The van der Waals surface area contributed by atoms with Crippen molar-refractivity contribution in [3.05, 3.63) is 11.4 Å². The normalized spacial score (nSPS) is 10.1. The number of anilines is 2. The molecule has 2 aromatic heterocycles. The molecular formula is C11H12N6O5S2. The molecule has 24 heavy (non-hydrogen) atoms. The van der Waals surface area contributed by atoms with E-state index < -0.39 is 18.0 Å². The van der Waals surface area contributed by atoms with Crippen LogP contribution < -0.4 is 10.6 Å². The van der Waals surface area contributed by atoms with E-state index in [0.29, 0.717) is 0 Å². The topological polar surface area (TPSA) is 145 Å². The Bertz CT molecular complexity index is 685. The molecule has 0 bridgehead atoms. The van der Waals surface area contributed by atoms with Gasteiger partial charge in [0.15, 0.2) is 10.0 Å². The number of carbonyl (C=O) groups excluding carboxylic acids is 3. The van der Waals surface area contributed by atoms with Crippen LogP contribution in [0.2, 0.25) is 0 Å². The van der Waals surface area contributed by atoms with E-state index in [1.807, 2.05) is 0 Å². The van der Waals surface area contributed by atoms with E-state index in [9.17, 15) is 14.4 Å². The molecule has 0 spiro atoms. The second-order valence-electron chi connectivity index (χ2n) is 3.92. The van der Waals surface area contributed by atoms with Gasteiger partial charge in [-0.1, -0.05) is 8.98 Å².